The van der Waals surface area contributed by atoms with E-state index in [4.69, 9.17) is 9.47 Å². The highest BCUT2D eigenvalue weighted by atomic mass is 16.5. The Morgan fingerprint density at radius 1 is 1.44 bits per heavy atom. The highest BCUT2D eigenvalue weighted by molar-refractivity contribution is 5.94. The molecule has 7 nitrogen and oxygen atoms in total. The molecule has 7 heteroatoms. The Hall–Kier alpha value is -2.25. The summed E-state index contributed by atoms with van der Waals surface area (Å²) in [5, 5.41) is 4.06. The molecule has 0 unspecified atom stereocenters. The van der Waals surface area contributed by atoms with Crippen molar-refractivity contribution in [2.75, 3.05) is 26.3 Å². The van der Waals surface area contributed by atoms with Gasteiger partial charge in [0.25, 0.3) is 5.91 Å². The van der Waals surface area contributed by atoms with Crippen LogP contribution in [0.25, 0.3) is 0 Å². The molecular weight excluding hydrogens is 320 g/mol. The molecule has 2 aliphatic rings. The lowest BCUT2D eigenvalue weighted by molar-refractivity contribution is -0.129. The molecule has 0 aromatic carbocycles. The molecule has 1 amide bonds. The van der Waals surface area contributed by atoms with Crippen LogP contribution in [0.4, 0.5) is 0 Å². The summed E-state index contributed by atoms with van der Waals surface area (Å²) in [6, 6.07) is 3.91. The maximum Gasteiger partial charge on any atom is 0.257 e. The van der Waals surface area contributed by atoms with Crippen LogP contribution in [-0.4, -0.2) is 57.5 Å². The molecule has 1 spiro atoms. The van der Waals surface area contributed by atoms with Crippen molar-refractivity contribution in [3.05, 3.63) is 48.0 Å². The van der Waals surface area contributed by atoms with Gasteiger partial charge in [-0.15, -0.1) is 0 Å². The molecule has 2 aliphatic heterocycles. The van der Waals surface area contributed by atoms with Gasteiger partial charge in [-0.25, -0.2) is 0 Å². The van der Waals surface area contributed by atoms with Crippen molar-refractivity contribution in [1.29, 1.82) is 0 Å². The Morgan fingerprint density at radius 2 is 2.32 bits per heavy atom. The normalized spacial score (nSPS) is 21.5. The summed E-state index contributed by atoms with van der Waals surface area (Å²) in [6.07, 6.45) is 7.90. The first-order valence-corrected chi connectivity index (χ1v) is 8.55. The average molecular weight is 342 g/mol. The van der Waals surface area contributed by atoms with E-state index in [1.165, 1.54) is 0 Å². The Kier molecular flexibility index (Phi) is 4.27. The summed E-state index contributed by atoms with van der Waals surface area (Å²) < 4.78 is 13.5. The SMILES string of the molecule is Cn1cc(C(=O)N2CC3(C2)OCC[C@H]3COCc2cccnc2)cn1. The molecule has 0 radical (unpaired) electrons. The zero-order valence-electron chi connectivity index (χ0n) is 14.3. The van der Waals surface area contributed by atoms with Gasteiger partial charge in [0.15, 0.2) is 0 Å². The summed E-state index contributed by atoms with van der Waals surface area (Å²) in [6.45, 7) is 3.18. The second kappa shape index (κ2) is 6.57. The van der Waals surface area contributed by atoms with Gasteiger partial charge in [-0.2, -0.15) is 5.10 Å². The van der Waals surface area contributed by atoms with Crippen LogP contribution in [0.5, 0.6) is 0 Å². The van der Waals surface area contributed by atoms with E-state index in [1.54, 1.807) is 23.3 Å². The minimum atomic E-state index is -0.243. The number of ether oxygens (including phenoxy) is 2. The highest BCUT2D eigenvalue weighted by Crippen LogP contribution is 2.40. The number of pyridine rings is 1. The van der Waals surface area contributed by atoms with E-state index in [2.05, 4.69) is 10.1 Å². The van der Waals surface area contributed by atoms with Gasteiger partial charge in [-0.1, -0.05) is 6.07 Å². The smallest absolute Gasteiger partial charge is 0.257 e. The fourth-order valence-electron chi connectivity index (χ4n) is 3.63. The maximum absolute atomic E-state index is 12.5. The van der Waals surface area contributed by atoms with Gasteiger partial charge in [0.05, 0.1) is 38.1 Å². The van der Waals surface area contributed by atoms with Crippen LogP contribution in [0.15, 0.2) is 36.9 Å². The van der Waals surface area contributed by atoms with E-state index in [0.29, 0.717) is 37.8 Å². The quantitative estimate of drug-likeness (QED) is 0.818. The number of amides is 1. The predicted octanol–water partition coefficient (Wildman–Crippen LogP) is 1.26. The number of hydrogen-bond donors (Lipinski definition) is 0. The van der Waals surface area contributed by atoms with Crippen LogP contribution in [-0.2, 0) is 23.1 Å². The molecule has 1 atom stereocenters. The van der Waals surface area contributed by atoms with Crippen molar-refractivity contribution in [3.8, 4) is 0 Å². The molecule has 2 saturated heterocycles. The number of likely N-dealkylation sites (tertiary alicyclic amines) is 1. The minimum absolute atomic E-state index is 0.0178. The third-order valence-electron chi connectivity index (χ3n) is 5.07. The average Bonchev–Trinajstić information content (AvgIpc) is 3.20. The topological polar surface area (TPSA) is 69.5 Å². The first-order valence-electron chi connectivity index (χ1n) is 8.55. The van der Waals surface area contributed by atoms with Gasteiger partial charge in [0, 0.05) is 38.2 Å². The third-order valence-corrected chi connectivity index (χ3v) is 5.07. The molecule has 132 valence electrons. The van der Waals surface area contributed by atoms with Crippen LogP contribution in [0, 0.1) is 5.92 Å². The van der Waals surface area contributed by atoms with E-state index >= 15 is 0 Å². The molecule has 0 saturated carbocycles. The molecule has 2 aromatic rings. The van der Waals surface area contributed by atoms with Gasteiger partial charge in [-0.05, 0) is 18.1 Å². The number of carbonyl (C=O) groups excluding carboxylic acids is 1. The van der Waals surface area contributed by atoms with Crippen molar-refractivity contribution in [1.82, 2.24) is 19.7 Å². The van der Waals surface area contributed by atoms with E-state index < -0.39 is 0 Å². The maximum atomic E-state index is 12.5. The summed E-state index contributed by atoms with van der Waals surface area (Å²) in [5.74, 6) is 0.339. The Labute approximate surface area is 146 Å². The lowest BCUT2D eigenvalue weighted by Gasteiger charge is -2.50. The molecule has 2 fully saturated rings. The molecule has 2 aromatic heterocycles. The lowest BCUT2D eigenvalue weighted by atomic mass is 9.81. The molecule has 0 bridgehead atoms. The Morgan fingerprint density at radius 3 is 3.04 bits per heavy atom. The molecule has 4 rings (SSSR count). The van der Waals surface area contributed by atoms with E-state index in [0.717, 1.165) is 18.6 Å². The minimum Gasteiger partial charge on any atom is -0.376 e. The van der Waals surface area contributed by atoms with Gasteiger partial charge in [0.1, 0.15) is 5.60 Å². The fraction of sp³-hybridized carbons (Fsp3) is 0.500. The third kappa shape index (κ3) is 3.17. The summed E-state index contributed by atoms with van der Waals surface area (Å²) >= 11 is 0. The molecule has 4 heterocycles. The number of rotatable bonds is 5. The number of nitrogens with zero attached hydrogens (tertiary/aromatic N) is 4. The molecule has 0 aliphatic carbocycles. The van der Waals surface area contributed by atoms with Gasteiger partial charge >= 0.3 is 0 Å². The second-order valence-electron chi connectivity index (χ2n) is 6.84. The predicted molar refractivity (Wildman–Crippen MR) is 89.8 cm³/mol. The van der Waals surface area contributed by atoms with Crippen LogP contribution in [0.3, 0.4) is 0 Å². The zero-order chi connectivity index (χ0) is 17.3. The van der Waals surface area contributed by atoms with E-state index in [-0.39, 0.29) is 11.5 Å². The molecule has 0 N–H and O–H groups in total. The summed E-state index contributed by atoms with van der Waals surface area (Å²) in [5.41, 5.74) is 1.45. The monoisotopic (exact) mass is 342 g/mol. The van der Waals surface area contributed by atoms with Gasteiger partial charge in [0.2, 0.25) is 0 Å². The van der Waals surface area contributed by atoms with Crippen molar-refractivity contribution in [3.63, 3.8) is 0 Å². The number of carbonyl (C=O) groups is 1. The van der Waals surface area contributed by atoms with Gasteiger partial charge < -0.3 is 14.4 Å². The van der Waals surface area contributed by atoms with Gasteiger partial charge in [-0.3, -0.25) is 14.5 Å². The molecule has 25 heavy (non-hydrogen) atoms. The molecular formula is C18H22N4O3. The van der Waals surface area contributed by atoms with Crippen molar-refractivity contribution in [2.45, 2.75) is 18.6 Å². The highest BCUT2D eigenvalue weighted by Gasteiger charge is 2.54. The lowest BCUT2D eigenvalue weighted by Crippen LogP contribution is -2.66. The van der Waals surface area contributed by atoms with Crippen LogP contribution < -0.4 is 0 Å². The fourth-order valence-corrected chi connectivity index (χ4v) is 3.63. The number of aryl methyl sites for hydroxylation is 1. The first kappa shape index (κ1) is 16.2. The number of hydrogen-bond acceptors (Lipinski definition) is 5. The van der Waals surface area contributed by atoms with Crippen molar-refractivity contribution in [2.24, 2.45) is 13.0 Å². The Bertz CT molecular complexity index is 740. The van der Waals surface area contributed by atoms with E-state index in [1.807, 2.05) is 30.3 Å². The van der Waals surface area contributed by atoms with Crippen LogP contribution in [0.1, 0.15) is 22.3 Å². The first-order chi connectivity index (χ1) is 12.2. The van der Waals surface area contributed by atoms with Crippen LogP contribution in [0.2, 0.25) is 0 Å². The standard InChI is InChI=1S/C18H22N4O3/c1-21-9-15(8-20-21)17(23)22-12-18(13-22)16(4-6-25-18)11-24-10-14-3-2-5-19-7-14/h2-3,5,7-9,16H,4,6,10-13H2,1H3/t16-/m0/s1. The van der Waals surface area contributed by atoms with Crippen molar-refractivity contribution >= 4 is 5.91 Å². The van der Waals surface area contributed by atoms with E-state index in [9.17, 15) is 4.79 Å². The zero-order valence-corrected chi connectivity index (χ0v) is 14.3. The van der Waals surface area contributed by atoms with Crippen molar-refractivity contribution < 1.29 is 14.3 Å². The summed E-state index contributed by atoms with van der Waals surface area (Å²) in [4.78, 5) is 18.4. The number of aromatic nitrogens is 3. The van der Waals surface area contributed by atoms with Crippen LogP contribution >= 0.6 is 0 Å². The largest absolute Gasteiger partial charge is 0.376 e. The Balaban J connectivity index is 1.31. The second-order valence-corrected chi connectivity index (χ2v) is 6.84. The summed E-state index contributed by atoms with van der Waals surface area (Å²) in [7, 11) is 1.81.